The zero-order chi connectivity index (χ0) is 9.97. The molecule has 1 aromatic carbocycles. The molecular weight excluding hydrogens is 178 g/mol. The van der Waals surface area contributed by atoms with E-state index in [-0.39, 0.29) is 0 Å². The highest BCUT2D eigenvalue weighted by molar-refractivity contribution is 5.59. The molecule has 0 aromatic heterocycles. The van der Waals surface area contributed by atoms with Gasteiger partial charge >= 0.3 is 0 Å². The lowest BCUT2D eigenvalue weighted by molar-refractivity contribution is 0.173. The van der Waals surface area contributed by atoms with Gasteiger partial charge in [-0.05, 0) is 30.2 Å². The van der Waals surface area contributed by atoms with Gasteiger partial charge in [-0.1, -0.05) is 12.2 Å². The number of rotatable bonds is 2. The highest BCUT2D eigenvalue weighted by Gasteiger charge is 2.15. The Kier molecular flexibility index (Phi) is 2.41. The first-order chi connectivity index (χ1) is 6.81. The lowest BCUT2D eigenvalue weighted by Gasteiger charge is -2.02. The molecule has 0 saturated carbocycles. The van der Waals surface area contributed by atoms with E-state index in [2.05, 4.69) is 6.07 Å². The topological polar surface area (TPSA) is 44.5 Å². The fourth-order valence-corrected chi connectivity index (χ4v) is 1.51. The van der Waals surface area contributed by atoms with E-state index in [4.69, 9.17) is 15.2 Å². The van der Waals surface area contributed by atoms with Crippen LogP contribution in [-0.4, -0.2) is 13.3 Å². The van der Waals surface area contributed by atoms with Crippen LogP contribution in [0.4, 0.5) is 0 Å². The molecule has 0 bridgehead atoms. The molecule has 0 aliphatic carbocycles. The molecule has 1 aromatic rings. The Morgan fingerprint density at radius 1 is 1.43 bits per heavy atom. The van der Waals surface area contributed by atoms with Gasteiger partial charge in [0.15, 0.2) is 11.5 Å². The molecule has 14 heavy (non-hydrogen) atoms. The Bertz CT molecular complexity index is 372. The van der Waals surface area contributed by atoms with Gasteiger partial charge < -0.3 is 15.2 Å². The second kappa shape index (κ2) is 3.72. The summed E-state index contributed by atoms with van der Waals surface area (Å²) in [5.74, 6) is 1.68. The van der Waals surface area contributed by atoms with Crippen molar-refractivity contribution in [3.63, 3.8) is 0 Å². The molecule has 0 atom stereocenters. The van der Waals surface area contributed by atoms with Gasteiger partial charge in [-0.3, -0.25) is 0 Å². The number of nitrogens with two attached hydrogens (primary N) is 1. The molecular formula is C11H13NO2. The number of aryl methyl sites for hydroxylation is 1. The highest BCUT2D eigenvalue weighted by atomic mass is 16.7. The fourth-order valence-electron chi connectivity index (χ4n) is 1.51. The number of ether oxygens (including phenoxy) is 2. The van der Waals surface area contributed by atoms with Crippen LogP contribution in [0.1, 0.15) is 11.1 Å². The smallest absolute Gasteiger partial charge is 0.231 e. The number of hydrogen-bond acceptors (Lipinski definition) is 3. The second-order valence-corrected chi connectivity index (χ2v) is 3.21. The summed E-state index contributed by atoms with van der Waals surface area (Å²) < 4.78 is 10.6. The normalized spacial score (nSPS) is 13.9. The molecule has 1 aliphatic rings. The average molecular weight is 191 g/mol. The first-order valence-corrected chi connectivity index (χ1v) is 4.58. The summed E-state index contributed by atoms with van der Waals surface area (Å²) in [7, 11) is 0. The van der Waals surface area contributed by atoms with Crippen LogP contribution >= 0.6 is 0 Å². The van der Waals surface area contributed by atoms with Gasteiger partial charge in [0.25, 0.3) is 0 Å². The van der Waals surface area contributed by atoms with Crippen LogP contribution in [0.5, 0.6) is 11.5 Å². The predicted molar refractivity (Wildman–Crippen MR) is 55.4 cm³/mol. The van der Waals surface area contributed by atoms with Crippen molar-refractivity contribution >= 4 is 6.08 Å². The molecule has 0 saturated heterocycles. The van der Waals surface area contributed by atoms with E-state index in [1.165, 1.54) is 0 Å². The summed E-state index contributed by atoms with van der Waals surface area (Å²) in [4.78, 5) is 0. The van der Waals surface area contributed by atoms with Crippen molar-refractivity contribution in [1.82, 2.24) is 0 Å². The summed E-state index contributed by atoms with van der Waals surface area (Å²) in [6.45, 7) is 2.88. The Labute approximate surface area is 83.1 Å². The summed E-state index contributed by atoms with van der Waals surface area (Å²) in [6, 6.07) is 4.02. The van der Waals surface area contributed by atoms with Crippen molar-refractivity contribution in [2.24, 2.45) is 5.73 Å². The summed E-state index contributed by atoms with van der Waals surface area (Å²) >= 11 is 0. The molecule has 0 spiro atoms. The van der Waals surface area contributed by atoms with E-state index in [1.54, 1.807) is 0 Å². The minimum absolute atomic E-state index is 0.320. The van der Waals surface area contributed by atoms with Crippen molar-refractivity contribution in [2.75, 3.05) is 13.3 Å². The molecule has 1 aliphatic heterocycles. The SMILES string of the molecule is Cc1cc(/C=C/CN)cc2c1OCO2. The van der Waals surface area contributed by atoms with Crippen LogP contribution in [0.3, 0.4) is 0 Å². The maximum absolute atomic E-state index is 5.38. The lowest BCUT2D eigenvalue weighted by Crippen LogP contribution is -1.93. The third kappa shape index (κ3) is 1.59. The van der Waals surface area contributed by atoms with Crippen LogP contribution < -0.4 is 15.2 Å². The van der Waals surface area contributed by atoms with Gasteiger partial charge in [-0.15, -0.1) is 0 Å². The van der Waals surface area contributed by atoms with Crippen LogP contribution in [0.25, 0.3) is 6.08 Å². The first kappa shape index (κ1) is 9.09. The van der Waals surface area contributed by atoms with Gasteiger partial charge in [0.05, 0.1) is 0 Å². The van der Waals surface area contributed by atoms with E-state index in [0.29, 0.717) is 13.3 Å². The number of hydrogen-bond donors (Lipinski definition) is 1. The summed E-state index contributed by atoms with van der Waals surface area (Å²) in [6.07, 6.45) is 3.89. The van der Waals surface area contributed by atoms with Gasteiger partial charge in [-0.2, -0.15) is 0 Å². The third-order valence-corrected chi connectivity index (χ3v) is 2.13. The van der Waals surface area contributed by atoms with E-state index in [9.17, 15) is 0 Å². The predicted octanol–water partition coefficient (Wildman–Crippen LogP) is 1.70. The number of benzene rings is 1. The third-order valence-electron chi connectivity index (χ3n) is 2.13. The first-order valence-electron chi connectivity index (χ1n) is 4.58. The largest absolute Gasteiger partial charge is 0.454 e. The van der Waals surface area contributed by atoms with E-state index >= 15 is 0 Å². The monoisotopic (exact) mass is 191 g/mol. The zero-order valence-electron chi connectivity index (χ0n) is 8.12. The molecule has 2 N–H and O–H groups in total. The summed E-state index contributed by atoms with van der Waals surface area (Å²) in [5.41, 5.74) is 7.57. The van der Waals surface area contributed by atoms with E-state index < -0.39 is 0 Å². The van der Waals surface area contributed by atoms with Crippen molar-refractivity contribution in [1.29, 1.82) is 0 Å². The molecule has 0 fully saturated rings. The molecule has 74 valence electrons. The molecule has 3 nitrogen and oxygen atoms in total. The molecule has 0 radical (unpaired) electrons. The highest BCUT2D eigenvalue weighted by Crippen LogP contribution is 2.36. The van der Waals surface area contributed by atoms with Crippen molar-refractivity contribution in [2.45, 2.75) is 6.92 Å². The van der Waals surface area contributed by atoms with Gasteiger partial charge in [-0.25, -0.2) is 0 Å². The maximum atomic E-state index is 5.38. The van der Waals surface area contributed by atoms with Crippen LogP contribution in [0.2, 0.25) is 0 Å². The van der Waals surface area contributed by atoms with Gasteiger partial charge in [0.1, 0.15) is 0 Å². The average Bonchev–Trinajstić information content (AvgIpc) is 2.63. The fraction of sp³-hybridized carbons (Fsp3) is 0.273. The molecule has 0 amide bonds. The maximum Gasteiger partial charge on any atom is 0.231 e. The van der Waals surface area contributed by atoms with Crippen LogP contribution in [0.15, 0.2) is 18.2 Å². The lowest BCUT2D eigenvalue weighted by atomic mass is 10.1. The van der Waals surface area contributed by atoms with Gasteiger partial charge in [0.2, 0.25) is 6.79 Å². The quantitative estimate of drug-likeness (QED) is 0.773. The van der Waals surface area contributed by atoms with Crippen LogP contribution in [-0.2, 0) is 0 Å². The standard InChI is InChI=1S/C11H13NO2/c1-8-5-9(3-2-4-12)6-10-11(8)14-7-13-10/h2-3,5-6H,4,7,12H2,1H3/b3-2+. The Morgan fingerprint density at radius 3 is 3.07 bits per heavy atom. The number of fused-ring (bicyclic) bond motifs is 1. The molecule has 2 rings (SSSR count). The van der Waals surface area contributed by atoms with Gasteiger partial charge in [0, 0.05) is 6.54 Å². The van der Waals surface area contributed by atoms with Crippen molar-refractivity contribution in [3.8, 4) is 11.5 Å². The van der Waals surface area contributed by atoms with Crippen molar-refractivity contribution in [3.05, 3.63) is 29.3 Å². The molecule has 0 unspecified atom stereocenters. The van der Waals surface area contributed by atoms with Crippen molar-refractivity contribution < 1.29 is 9.47 Å². The van der Waals surface area contributed by atoms with E-state index in [0.717, 1.165) is 22.6 Å². The summed E-state index contributed by atoms with van der Waals surface area (Å²) in [5, 5.41) is 0. The van der Waals surface area contributed by atoms with Crippen LogP contribution in [0, 0.1) is 6.92 Å². The van der Waals surface area contributed by atoms with E-state index in [1.807, 2.05) is 25.1 Å². The molecule has 3 heteroatoms. The second-order valence-electron chi connectivity index (χ2n) is 3.21. The minimum Gasteiger partial charge on any atom is -0.454 e. The Balaban J connectivity index is 2.37. The minimum atomic E-state index is 0.320. The zero-order valence-corrected chi connectivity index (χ0v) is 8.12. The molecule has 1 heterocycles. The Morgan fingerprint density at radius 2 is 2.29 bits per heavy atom. The Hall–Kier alpha value is -1.48.